The summed E-state index contributed by atoms with van der Waals surface area (Å²) in [7, 11) is 0. The van der Waals surface area contributed by atoms with E-state index in [1.165, 1.54) is 0 Å². The van der Waals surface area contributed by atoms with Gasteiger partial charge < -0.3 is 9.88 Å². The van der Waals surface area contributed by atoms with Gasteiger partial charge in [-0.3, -0.25) is 0 Å². The minimum atomic E-state index is -5.30. The van der Waals surface area contributed by atoms with Crippen molar-refractivity contribution in [3.05, 3.63) is 46.1 Å². The number of H-pyrrole nitrogens is 1. The lowest BCUT2D eigenvalue weighted by molar-refractivity contribution is -0.155. The molecule has 4 rings (SSSR count). The summed E-state index contributed by atoms with van der Waals surface area (Å²) in [4.78, 5) is 12.6. The van der Waals surface area contributed by atoms with E-state index in [9.17, 15) is 35.1 Å². The minimum absolute atomic E-state index is 0.129. The van der Waals surface area contributed by atoms with Gasteiger partial charge in [0.05, 0.1) is 6.04 Å². The second-order valence-corrected chi connectivity index (χ2v) is 7.51. The van der Waals surface area contributed by atoms with Crippen LogP contribution in [0.5, 0.6) is 0 Å². The van der Waals surface area contributed by atoms with Crippen molar-refractivity contribution < 1.29 is 35.1 Å². The Balaban J connectivity index is 1.87. The molecule has 5 nitrogen and oxygen atoms in total. The van der Waals surface area contributed by atoms with Gasteiger partial charge in [0.2, 0.25) is 24.0 Å². The Morgan fingerprint density at radius 3 is 2.22 bits per heavy atom. The summed E-state index contributed by atoms with van der Waals surface area (Å²) in [6.07, 6.45) is -14.2. The average Bonchev–Trinajstić information content (AvgIpc) is 3.04. The maximum Gasteiger partial charge on any atom is 0.451 e. The van der Waals surface area contributed by atoms with Crippen LogP contribution in [0.4, 0.5) is 41.1 Å². The highest BCUT2D eigenvalue weighted by atomic mass is 35.5. The van der Waals surface area contributed by atoms with E-state index < -0.39 is 48.8 Å². The summed E-state index contributed by atoms with van der Waals surface area (Å²) in [5.41, 5.74) is 1.38. The Labute approximate surface area is 179 Å². The predicted molar refractivity (Wildman–Crippen MR) is 97.6 cm³/mol. The van der Waals surface area contributed by atoms with Gasteiger partial charge in [0, 0.05) is 34.6 Å². The van der Waals surface area contributed by atoms with E-state index in [0.717, 1.165) is 4.90 Å². The smallest absolute Gasteiger partial charge is 0.356 e. The van der Waals surface area contributed by atoms with E-state index in [0.29, 0.717) is 21.5 Å². The molecule has 2 aromatic heterocycles. The summed E-state index contributed by atoms with van der Waals surface area (Å²) in [6, 6.07) is 3.47. The number of nitrogens with zero attached hydrogens (tertiary/aromatic N) is 4. The van der Waals surface area contributed by atoms with Crippen LogP contribution in [0, 0.1) is 0 Å². The fourth-order valence-electron chi connectivity index (χ4n) is 3.74. The van der Waals surface area contributed by atoms with Gasteiger partial charge in [-0.1, -0.05) is 11.6 Å². The van der Waals surface area contributed by atoms with Gasteiger partial charge in [0.25, 0.3) is 0 Å². The zero-order chi connectivity index (χ0) is 23.4. The maximum absolute atomic E-state index is 13.4. The number of hydrogen-bond donors (Lipinski definition) is 1. The Morgan fingerprint density at radius 1 is 1.03 bits per heavy atom. The SMILES string of the molecule is FC(F)CC1c2[nH]c3ccc(Cl)cc3c2CCN1c1nc(C(F)(F)F)nc(C(F)(F)F)n1. The molecule has 1 atom stereocenters. The van der Waals surface area contributed by atoms with Crippen molar-refractivity contribution in [1.29, 1.82) is 0 Å². The van der Waals surface area contributed by atoms with Crippen LogP contribution in [-0.4, -0.2) is 32.9 Å². The predicted octanol–water partition coefficient (Wildman–Crippen LogP) is 5.80. The van der Waals surface area contributed by atoms with Crippen LogP contribution < -0.4 is 4.90 Å². The maximum atomic E-state index is 13.4. The Morgan fingerprint density at radius 2 is 1.66 bits per heavy atom. The van der Waals surface area contributed by atoms with Crippen LogP contribution in [0.1, 0.15) is 35.4 Å². The highest BCUT2D eigenvalue weighted by Crippen LogP contribution is 2.41. The fraction of sp³-hybridized carbons (Fsp3) is 0.389. The highest BCUT2D eigenvalue weighted by Gasteiger charge is 2.43. The second-order valence-electron chi connectivity index (χ2n) is 7.07. The van der Waals surface area contributed by atoms with Crippen LogP contribution in [0.2, 0.25) is 5.02 Å². The van der Waals surface area contributed by atoms with E-state index in [4.69, 9.17) is 11.6 Å². The zero-order valence-corrected chi connectivity index (χ0v) is 16.5. The number of aromatic nitrogens is 4. The molecule has 0 aliphatic carbocycles. The third kappa shape index (κ3) is 4.17. The van der Waals surface area contributed by atoms with Crippen molar-refractivity contribution in [3.63, 3.8) is 0 Å². The van der Waals surface area contributed by atoms with Crippen molar-refractivity contribution in [2.24, 2.45) is 0 Å². The van der Waals surface area contributed by atoms with Crippen LogP contribution in [0.15, 0.2) is 18.2 Å². The molecule has 0 amide bonds. The number of halogens is 9. The molecule has 1 unspecified atom stereocenters. The number of aromatic amines is 1. The van der Waals surface area contributed by atoms with E-state index in [2.05, 4.69) is 19.9 Å². The largest absolute Gasteiger partial charge is 0.451 e. The molecular formula is C18H12ClF8N5. The molecule has 0 radical (unpaired) electrons. The summed E-state index contributed by atoms with van der Waals surface area (Å²) >= 11 is 6.00. The molecule has 1 N–H and O–H groups in total. The van der Waals surface area contributed by atoms with Crippen LogP contribution in [-0.2, 0) is 18.8 Å². The molecule has 32 heavy (non-hydrogen) atoms. The number of alkyl halides is 8. The molecule has 0 fully saturated rings. The summed E-state index contributed by atoms with van der Waals surface area (Å²) in [5.74, 6) is -5.09. The van der Waals surface area contributed by atoms with Crippen molar-refractivity contribution in [1.82, 2.24) is 19.9 Å². The van der Waals surface area contributed by atoms with Gasteiger partial charge in [-0.05, 0) is 30.2 Å². The molecule has 0 spiro atoms. The number of hydrogen-bond acceptors (Lipinski definition) is 4. The molecule has 172 valence electrons. The number of benzene rings is 1. The summed E-state index contributed by atoms with van der Waals surface area (Å²) < 4.78 is 106. The molecule has 0 bridgehead atoms. The van der Waals surface area contributed by atoms with Crippen LogP contribution in [0.25, 0.3) is 10.9 Å². The van der Waals surface area contributed by atoms with Gasteiger partial charge >= 0.3 is 12.4 Å². The molecule has 0 saturated carbocycles. The number of nitrogens with one attached hydrogen (secondary N) is 1. The molecule has 14 heteroatoms. The van der Waals surface area contributed by atoms with Crippen molar-refractivity contribution in [3.8, 4) is 0 Å². The standard InChI is InChI=1S/C18H12ClF8N5/c19-7-1-2-10-9(5-7)8-3-4-32(11(6-12(20)21)13(8)28-10)16-30-14(17(22,23)24)29-15(31-16)18(25,26)27/h1-2,5,11-12,28H,3-4,6H2. The van der Waals surface area contributed by atoms with Gasteiger partial charge in [0.15, 0.2) is 0 Å². The first-order valence-corrected chi connectivity index (χ1v) is 9.47. The highest BCUT2D eigenvalue weighted by molar-refractivity contribution is 6.31. The van der Waals surface area contributed by atoms with E-state index in [1.54, 1.807) is 18.2 Å². The van der Waals surface area contributed by atoms with Gasteiger partial charge in [-0.25, -0.2) is 13.8 Å². The third-order valence-corrected chi connectivity index (χ3v) is 5.24. The van der Waals surface area contributed by atoms with Gasteiger partial charge in [-0.15, -0.1) is 0 Å². The van der Waals surface area contributed by atoms with E-state index >= 15 is 0 Å². The zero-order valence-electron chi connectivity index (χ0n) is 15.7. The first-order chi connectivity index (χ1) is 14.8. The second kappa shape index (κ2) is 7.71. The molecule has 0 saturated heterocycles. The van der Waals surface area contributed by atoms with Crippen molar-refractivity contribution in [2.45, 2.75) is 37.7 Å². The Bertz CT molecular complexity index is 1120. The lowest BCUT2D eigenvalue weighted by Gasteiger charge is -2.36. The third-order valence-electron chi connectivity index (χ3n) is 5.00. The Kier molecular flexibility index (Phi) is 5.42. The van der Waals surface area contributed by atoms with Crippen molar-refractivity contribution in [2.75, 3.05) is 11.4 Å². The fourth-order valence-corrected chi connectivity index (χ4v) is 3.91. The number of anilines is 1. The molecule has 1 aliphatic heterocycles. The normalized spacial score (nSPS) is 17.3. The Hall–Kier alpha value is -2.70. The van der Waals surface area contributed by atoms with E-state index in [-0.39, 0.29) is 18.7 Å². The van der Waals surface area contributed by atoms with Gasteiger partial charge in [0.1, 0.15) is 0 Å². The quantitative estimate of drug-likeness (QED) is 0.476. The molecule has 1 aromatic carbocycles. The lowest BCUT2D eigenvalue weighted by Crippen LogP contribution is -2.38. The number of rotatable bonds is 3. The molecule has 3 heterocycles. The summed E-state index contributed by atoms with van der Waals surface area (Å²) in [6.45, 7) is -0.192. The lowest BCUT2D eigenvalue weighted by atomic mass is 9.95. The topological polar surface area (TPSA) is 57.7 Å². The van der Waals surface area contributed by atoms with Crippen molar-refractivity contribution >= 4 is 28.5 Å². The average molecular weight is 486 g/mol. The van der Waals surface area contributed by atoms with Crippen LogP contribution >= 0.6 is 11.6 Å². The summed E-state index contributed by atoms with van der Waals surface area (Å²) in [5, 5.41) is 1.02. The molecule has 1 aliphatic rings. The first kappa shape index (κ1) is 22.5. The van der Waals surface area contributed by atoms with Gasteiger partial charge in [-0.2, -0.15) is 36.3 Å². The number of fused-ring (bicyclic) bond motifs is 3. The molecule has 3 aromatic rings. The monoisotopic (exact) mass is 485 g/mol. The van der Waals surface area contributed by atoms with Crippen LogP contribution in [0.3, 0.4) is 0 Å². The minimum Gasteiger partial charge on any atom is -0.356 e. The first-order valence-electron chi connectivity index (χ1n) is 9.10. The molecular weight excluding hydrogens is 474 g/mol. The van der Waals surface area contributed by atoms with E-state index in [1.807, 2.05) is 0 Å².